The summed E-state index contributed by atoms with van der Waals surface area (Å²) in [5, 5.41) is 10.3. The molecule has 2 atom stereocenters. The molecule has 2 aromatic rings. The van der Waals surface area contributed by atoms with Crippen molar-refractivity contribution in [1.82, 2.24) is 4.90 Å². The molecule has 1 aliphatic heterocycles. The largest absolute Gasteiger partial charge is 0.497 e. The van der Waals surface area contributed by atoms with E-state index in [1.807, 2.05) is 29.2 Å². The van der Waals surface area contributed by atoms with Crippen LogP contribution in [0.3, 0.4) is 0 Å². The van der Waals surface area contributed by atoms with Gasteiger partial charge in [-0.1, -0.05) is 35.9 Å². The van der Waals surface area contributed by atoms with Gasteiger partial charge in [0.2, 0.25) is 0 Å². The van der Waals surface area contributed by atoms with Gasteiger partial charge < -0.3 is 14.6 Å². The Labute approximate surface area is 151 Å². The van der Waals surface area contributed by atoms with Gasteiger partial charge in [0.05, 0.1) is 19.8 Å². The smallest absolute Gasteiger partial charge is 0.325 e. The van der Waals surface area contributed by atoms with Crippen LogP contribution in [0.2, 0.25) is 5.02 Å². The lowest BCUT2D eigenvalue weighted by molar-refractivity contribution is -0.147. The van der Waals surface area contributed by atoms with E-state index < -0.39 is 12.0 Å². The van der Waals surface area contributed by atoms with Crippen LogP contribution in [0, 0.1) is 0 Å². The Morgan fingerprint density at radius 3 is 2.84 bits per heavy atom. The number of rotatable bonds is 5. The Balaban J connectivity index is 1.84. The van der Waals surface area contributed by atoms with Crippen LogP contribution >= 0.6 is 11.6 Å². The summed E-state index contributed by atoms with van der Waals surface area (Å²) in [6, 6.07) is 13.9. The molecule has 2 unspecified atom stereocenters. The summed E-state index contributed by atoms with van der Waals surface area (Å²) in [5.41, 5.74) is 1.64. The molecule has 0 aromatic heterocycles. The molecule has 6 heteroatoms. The second-order valence-electron chi connectivity index (χ2n) is 5.93. The number of hydrogen-bond acceptors (Lipinski definition) is 4. The monoisotopic (exact) mass is 361 g/mol. The summed E-state index contributed by atoms with van der Waals surface area (Å²) in [6.07, 6.45) is -0.204. The molecule has 25 heavy (non-hydrogen) atoms. The number of carboxylic acid groups (broad SMARTS) is 1. The fourth-order valence-corrected chi connectivity index (χ4v) is 3.33. The van der Waals surface area contributed by atoms with E-state index >= 15 is 0 Å². The number of aliphatic carboxylic acids is 1. The molecule has 0 saturated carbocycles. The third kappa shape index (κ3) is 4.12. The predicted molar refractivity (Wildman–Crippen MR) is 95.1 cm³/mol. The van der Waals surface area contributed by atoms with E-state index in [1.165, 1.54) is 0 Å². The molecular weight excluding hydrogens is 342 g/mol. The molecule has 1 N–H and O–H groups in total. The maximum absolute atomic E-state index is 11.9. The van der Waals surface area contributed by atoms with Gasteiger partial charge in [0, 0.05) is 18.1 Å². The van der Waals surface area contributed by atoms with Crippen molar-refractivity contribution in [2.75, 3.05) is 26.8 Å². The standard InChI is InChI=1S/C19H20ClNO4/c1-24-16-7-3-4-13(11-16)17-12-21(8-9-25-17)18(19(22)23)14-5-2-6-15(20)10-14/h2-7,10-11,17-18H,8-9,12H2,1H3,(H,22,23). The van der Waals surface area contributed by atoms with Crippen LogP contribution in [0.15, 0.2) is 48.5 Å². The van der Waals surface area contributed by atoms with Crippen molar-refractivity contribution in [1.29, 1.82) is 0 Å². The zero-order valence-electron chi connectivity index (χ0n) is 13.9. The number of halogens is 1. The highest BCUT2D eigenvalue weighted by Gasteiger charge is 2.32. The van der Waals surface area contributed by atoms with E-state index in [0.717, 1.165) is 11.3 Å². The van der Waals surface area contributed by atoms with Crippen LogP contribution in [-0.4, -0.2) is 42.8 Å². The van der Waals surface area contributed by atoms with Gasteiger partial charge in [-0.05, 0) is 35.4 Å². The van der Waals surface area contributed by atoms with Crippen LogP contribution in [0.4, 0.5) is 0 Å². The molecule has 3 rings (SSSR count). The highest BCUT2D eigenvalue weighted by molar-refractivity contribution is 6.30. The van der Waals surface area contributed by atoms with E-state index in [0.29, 0.717) is 30.3 Å². The van der Waals surface area contributed by atoms with Crippen molar-refractivity contribution < 1.29 is 19.4 Å². The minimum Gasteiger partial charge on any atom is -0.497 e. The number of carboxylic acids is 1. The Kier molecular flexibility index (Phi) is 5.58. The minimum atomic E-state index is -0.895. The number of carbonyl (C=O) groups is 1. The van der Waals surface area contributed by atoms with E-state index in [9.17, 15) is 9.90 Å². The number of benzene rings is 2. The molecular formula is C19H20ClNO4. The predicted octanol–water partition coefficient (Wildman–Crippen LogP) is 3.55. The van der Waals surface area contributed by atoms with Crippen LogP contribution in [-0.2, 0) is 9.53 Å². The van der Waals surface area contributed by atoms with Crippen LogP contribution < -0.4 is 4.74 Å². The second-order valence-corrected chi connectivity index (χ2v) is 6.36. The number of ether oxygens (including phenoxy) is 2. The van der Waals surface area contributed by atoms with Gasteiger partial charge in [-0.25, -0.2) is 0 Å². The first-order chi connectivity index (χ1) is 12.1. The lowest BCUT2D eigenvalue weighted by atomic mass is 10.0. The van der Waals surface area contributed by atoms with E-state index in [-0.39, 0.29) is 6.10 Å². The fourth-order valence-electron chi connectivity index (χ4n) is 3.13. The lowest BCUT2D eigenvalue weighted by Crippen LogP contribution is -2.43. The van der Waals surface area contributed by atoms with Gasteiger partial charge in [0.25, 0.3) is 0 Å². The molecule has 132 valence electrons. The summed E-state index contributed by atoms with van der Waals surface area (Å²) in [7, 11) is 1.62. The second kappa shape index (κ2) is 7.87. The molecule has 1 heterocycles. The molecule has 0 aliphatic carbocycles. The molecule has 1 aliphatic rings. The molecule has 5 nitrogen and oxygen atoms in total. The minimum absolute atomic E-state index is 0.204. The number of morpholine rings is 1. The summed E-state index contributed by atoms with van der Waals surface area (Å²) in [4.78, 5) is 13.8. The van der Waals surface area contributed by atoms with E-state index in [1.54, 1.807) is 31.4 Å². The molecule has 0 amide bonds. The van der Waals surface area contributed by atoms with Crippen molar-refractivity contribution in [3.63, 3.8) is 0 Å². The van der Waals surface area contributed by atoms with Crippen LogP contribution in [0.1, 0.15) is 23.3 Å². The third-order valence-corrected chi connectivity index (χ3v) is 4.56. The quantitative estimate of drug-likeness (QED) is 0.882. The first-order valence-corrected chi connectivity index (χ1v) is 8.44. The zero-order valence-corrected chi connectivity index (χ0v) is 14.6. The van der Waals surface area contributed by atoms with Gasteiger partial charge in [0.15, 0.2) is 0 Å². The highest BCUT2D eigenvalue weighted by Crippen LogP contribution is 2.31. The Morgan fingerprint density at radius 2 is 2.12 bits per heavy atom. The zero-order chi connectivity index (χ0) is 17.8. The normalized spacial score (nSPS) is 19.4. The van der Waals surface area contributed by atoms with Gasteiger partial charge in [-0.3, -0.25) is 9.69 Å². The summed E-state index contributed by atoms with van der Waals surface area (Å²) >= 11 is 6.04. The number of hydrogen-bond donors (Lipinski definition) is 1. The molecule has 0 spiro atoms. The van der Waals surface area contributed by atoms with Gasteiger partial charge in [0.1, 0.15) is 11.8 Å². The molecule has 0 radical (unpaired) electrons. The van der Waals surface area contributed by atoms with Crippen molar-refractivity contribution >= 4 is 17.6 Å². The topological polar surface area (TPSA) is 59.0 Å². The summed E-state index contributed by atoms with van der Waals surface area (Å²) in [5.74, 6) is -0.142. The maximum atomic E-state index is 11.9. The van der Waals surface area contributed by atoms with E-state index in [2.05, 4.69) is 0 Å². The van der Waals surface area contributed by atoms with Gasteiger partial charge in [-0.2, -0.15) is 0 Å². The Hall–Kier alpha value is -2.08. The fraction of sp³-hybridized carbons (Fsp3) is 0.316. The molecule has 1 saturated heterocycles. The molecule has 2 aromatic carbocycles. The Morgan fingerprint density at radius 1 is 1.32 bits per heavy atom. The number of nitrogens with zero attached hydrogens (tertiary/aromatic N) is 1. The highest BCUT2D eigenvalue weighted by atomic mass is 35.5. The van der Waals surface area contributed by atoms with Gasteiger partial charge >= 0.3 is 5.97 Å². The van der Waals surface area contributed by atoms with Crippen molar-refractivity contribution in [2.45, 2.75) is 12.1 Å². The third-order valence-electron chi connectivity index (χ3n) is 4.33. The number of methoxy groups -OCH3 is 1. The van der Waals surface area contributed by atoms with Crippen molar-refractivity contribution in [3.8, 4) is 5.75 Å². The first kappa shape index (κ1) is 17.7. The molecule has 0 bridgehead atoms. The lowest BCUT2D eigenvalue weighted by Gasteiger charge is -2.36. The molecule has 1 fully saturated rings. The van der Waals surface area contributed by atoms with Crippen LogP contribution in [0.25, 0.3) is 0 Å². The average Bonchev–Trinajstić information content (AvgIpc) is 2.62. The van der Waals surface area contributed by atoms with Crippen molar-refractivity contribution in [2.24, 2.45) is 0 Å². The Bertz CT molecular complexity index is 752. The first-order valence-electron chi connectivity index (χ1n) is 8.06. The van der Waals surface area contributed by atoms with E-state index in [4.69, 9.17) is 21.1 Å². The van der Waals surface area contributed by atoms with Crippen molar-refractivity contribution in [3.05, 3.63) is 64.7 Å². The summed E-state index contributed by atoms with van der Waals surface area (Å²) in [6.45, 7) is 1.49. The SMILES string of the molecule is COc1cccc(C2CN(C(C(=O)O)c3cccc(Cl)c3)CCO2)c1. The van der Waals surface area contributed by atoms with Gasteiger partial charge in [-0.15, -0.1) is 0 Å². The van der Waals surface area contributed by atoms with Crippen LogP contribution in [0.5, 0.6) is 5.75 Å². The maximum Gasteiger partial charge on any atom is 0.325 e. The average molecular weight is 362 g/mol. The summed E-state index contributed by atoms with van der Waals surface area (Å²) < 4.78 is 11.1.